The van der Waals surface area contributed by atoms with Crippen LogP contribution in [0.4, 0.5) is 5.69 Å². The summed E-state index contributed by atoms with van der Waals surface area (Å²) < 4.78 is 12.5. The van der Waals surface area contributed by atoms with Crippen LogP contribution in [0.3, 0.4) is 0 Å². The highest BCUT2D eigenvalue weighted by Crippen LogP contribution is 2.34. The number of aromatic nitrogens is 3. The zero-order valence-electron chi connectivity index (χ0n) is 16.5. The predicted octanol–water partition coefficient (Wildman–Crippen LogP) is 2.78. The molecule has 9 heteroatoms. The Morgan fingerprint density at radius 1 is 1.24 bits per heavy atom. The summed E-state index contributed by atoms with van der Waals surface area (Å²) in [6.45, 7) is 3.04. The number of halogens is 1. The molecule has 3 heterocycles. The lowest BCUT2D eigenvalue weighted by molar-refractivity contribution is -0.119. The van der Waals surface area contributed by atoms with Crippen LogP contribution in [-0.2, 0) is 4.79 Å². The molecule has 1 amide bonds. The zero-order valence-corrected chi connectivity index (χ0v) is 17.2. The number of hydrogen-bond donors (Lipinski definition) is 1. The minimum atomic E-state index is -0.0219. The largest absolute Gasteiger partial charge is 0.493 e. The molecule has 0 bridgehead atoms. The van der Waals surface area contributed by atoms with Gasteiger partial charge < -0.3 is 19.7 Å². The average Bonchev–Trinajstić information content (AvgIpc) is 3.33. The van der Waals surface area contributed by atoms with Crippen LogP contribution in [0.1, 0.15) is 13.3 Å². The number of hydrogen-bond acceptors (Lipinski definition) is 6. The van der Waals surface area contributed by atoms with Crippen molar-refractivity contribution in [3.8, 4) is 22.8 Å². The van der Waals surface area contributed by atoms with Crippen molar-refractivity contribution in [1.29, 1.82) is 0 Å². The Hall–Kier alpha value is -3.00. The molecule has 1 N–H and O–H groups in total. The van der Waals surface area contributed by atoms with Gasteiger partial charge in [0.2, 0.25) is 5.91 Å². The molecule has 2 aromatic heterocycles. The van der Waals surface area contributed by atoms with Crippen LogP contribution in [-0.4, -0.2) is 53.9 Å². The number of rotatable bonds is 5. The SMILES string of the molecule is COc1ccc(-c2cnc3c(N4CC[C@@H](NC(C)=O)C4)cc(Cl)nn23)cc1OC. The van der Waals surface area contributed by atoms with Crippen LogP contribution >= 0.6 is 11.6 Å². The van der Waals surface area contributed by atoms with E-state index in [0.29, 0.717) is 28.8 Å². The molecule has 3 aromatic rings. The first-order chi connectivity index (χ1) is 14.0. The molecule has 4 rings (SSSR count). The van der Waals surface area contributed by atoms with E-state index < -0.39 is 0 Å². The van der Waals surface area contributed by atoms with Gasteiger partial charge in [0, 0.05) is 37.7 Å². The fourth-order valence-corrected chi connectivity index (χ4v) is 3.91. The van der Waals surface area contributed by atoms with Crippen molar-refractivity contribution in [3.05, 3.63) is 35.6 Å². The van der Waals surface area contributed by atoms with Gasteiger partial charge in [-0.1, -0.05) is 11.6 Å². The maximum absolute atomic E-state index is 11.4. The highest BCUT2D eigenvalue weighted by Gasteiger charge is 2.26. The summed E-state index contributed by atoms with van der Waals surface area (Å²) in [6, 6.07) is 7.58. The Morgan fingerprint density at radius 2 is 2.03 bits per heavy atom. The minimum absolute atomic E-state index is 0.0219. The minimum Gasteiger partial charge on any atom is -0.493 e. The summed E-state index contributed by atoms with van der Waals surface area (Å²) in [5.41, 5.74) is 3.28. The van der Waals surface area contributed by atoms with E-state index in [4.69, 9.17) is 21.1 Å². The van der Waals surface area contributed by atoms with Gasteiger partial charge in [0.25, 0.3) is 0 Å². The number of benzene rings is 1. The molecular weight excluding hydrogens is 394 g/mol. The van der Waals surface area contributed by atoms with Crippen LogP contribution < -0.4 is 19.7 Å². The fraction of sp³-hybridized carbons (Fsp3) is 0.350. The van der Waals surface area contributed by atoms with Crippen LogP contribution in [0.15, 0.2) is 30.5 Å². The summed E-state index contributed by atoms with van der Waals surface area (Å²) in [5, 5.41) is 7.81. The lowest BCUT2D eigenvalue weighted by Gasteiger charge is -2.19. The summed E-state index contributed by atoms with van der Waals surface area (Å²) in [4.78, 5) is 18.2. The highest BCUT2D eigenvalue weighted by atomic mass is 35.5. The zero-order chi connectivity index (χ0) is 20.5. The molecule has 1 saturated heterocycles. The van der Waals surface area contributed by atoms with E-state index in [0.717, 1.165) is 29.9 Å². The number of anilines is 1. The number of nitrogens with zero attached hydrogens (tertiary/aromatic N) is 4. The Bertz CT molecular complexity index is 1070. The van der Waals surface area contributed by atoms with Gasteiger partial charge in [0.1, 0.15) is 0 Å². The third-order valence-corrected chi connectivity index (χ3v) is 5.22. The summed E-state index contributed by atoms with van der Waals surface area (Å²) in [5.74, 6) is 1.25. The molecule has 1 aliphatic heterocycles. The molecule has 1 aliphatic rings. The van der Waals surface area contributed by atoms with Crippen molar-refractivity contribution < 1.29 is 14.3 Å². The standard InChI is InChI=1S/C20H22ClN5O3/c1-12(27)23-14-6-7-25(11-14)15-9-19(21)24-26-16(10-22-20(15)26)13-4-5-17(28-2)18(8-13)29-3/h4-5,8-10,14H,6-7,11H2,1-3H3,(H,23,27)/t14-/m1/s1. The van der Waals surface area contributed by atoms with Gasteiger partial charge in [0.05, 0.1) is 31.8 Å². The number of imidazole rings is 1. The summed E-state index contributed by atoms with van der Waals surface area (Å²) >= 11 is 6.34. The first kappa shape index (κ1) is 19.3. The Balaban J connectivity index is 1.74. The second-order valence-electron chi connectivity index (χ2n) is 6.93. The molecule has 0 radical (unpaired) electrons. The topological polar surface area (TPSA) is 81.0 Å². The van der Waals surface area contributed by atoms with E-state index >= 15 is 0 Å². The molecule has 1 aromatic carbocycles. The molecule has 0 unspecified atom stereocenters. The van der Waals surface area contributed by atoms with Gasteiger partial charge in [0.15, 0.2) is 22.3 Å². The van der Waals surface area contributed by atoms with Crippen molar-refractivity contribution >= 4 is 28.8 Å². The first-order valence-electron chi connectivity index (χ1n) is 9.29. The lowest BCUT2D eigenvalue weighted by Crippen LogP contribution is -2.35. The molecule has 0 spiro atoms. The highest BCUT2D eigenvalue weighted by molar-refractivity contribution is 6.29. The van der Waals surface area contributed by atoms with Gasteiger partial charge >= 0.3 is 0 Å². The smallest absolute Gasteiger partial charge is 0.217 e. The van der Waals surface area contributed by atoms with E-state index in [9.17, 15) is 4.79 Å². The van der Waals surface area contributed by atoms with Crippen molar-refractivity contribution in [2.45, 2.75) is 19.4 Å². The van der Waals surface area contributed by atoms with Crippen molar-refractivity contribution in [3.63, 3.8) is 0 Å². The Morgan fingerprint density at radius 3 is 2.76 bits per heavy atom. The molecule has 8 nitrogen and oxygen atoms in total. The van der Waals surface area contributed by atoms with Crippen LogP contribution in [0.5, 0.6) is 11.5 Å². The number of fused-ring (bicyclic) bond motifs is 1. The quantitative estimate of drug-likeness (QED) is 0.690. The van der Waals surface area contributed by atoms with Gasteiger partial charge in [-0.25, -0.2) is 9.50 Å². The molecule has 29 heavy (non-hydrogen) atoms. The van der Waals surface area contributed by atoms with Crippen LogP contribution in [0.2, 0.25) is 5.15 Å². The molecular formula is C20H22ClN5O3. The van der Waals surface area contributed by atoms with E-state index in [1.54, 1.807) is 24.9 Å². The number of methoxy groups -OCH3 is 2. The van der Waals surface area contributed by atoms with Crippen molar-refractivity contribution in [2.24, 2.45) is 0 Å². The van der Waals surface area contributed by atoms with Crippen LogP contribution in [0, 0.1) is 0 Å². The maximum atomic E-state index is 11.4. The van der Waals surface area contributed by atoms with Gasteiger partial charge in [-0.2, -0.15) is 5.10 Å². The second-order valence-corrected chi connectivity index (χ2v) is 7.32. The molecule has 0 aliphatic carbocycles. The Labute approximate surface area is 173 Å². The first-order valence-corrected chi connectivity index (χ1v) is 9.66. The number of ether oxygens (including phenoxy) is 2. The lowest BCUT2D eigenvalue weighted by atomic mass is 10.1. The van der Waals surface area contributed by atoms with E-state index in [-0.39, 0.29) is 11.9 Å². The monoisotopic (exact) mass is 415 g/mol. The third-order valence-electron chi connectivity index (χ3n) is 5.03. The number of nitrogens with one attached hydrogen (secondary N) is 1. The average molecular weight is 416 g/mol. The normalized spacial score (nSPS) is 16.3. The summed E-state index contributed by atoms with van der Waals surface area (Å²) in [6.07, 6.45) is 2.64. The van der Waals surface area contributed by atoms with E-state index in [2.05, 4.69) is 20.3 Å². The Kier molecular flexibility index (Phi) is 5.19. The molecule has 1 fully saturated rings. The number of carbonyl (C=O) groups excluding carboxylic acids is 1. The predicted molar refractivity (Wildman–Crippen MR) is 111 cm³/mol. The number of amides is 1. The van der Waals surface area contributed by atoms with Gasteiger partial charge in [-0.3, -0.25) is 4.79 Å². The van der Waals surface area contributed by atoms with Crippen molar-refractivity contribution in [1.82, 2.24) is 19.9 Å². The fourth-order valence-electron chi connectivity index (χ4n) is 3.73. The van der Waals surface area contributed by atoms with E-state index in [1.165, 1.54) is 6.92 Å². The summed E-state index contributed by atoms with van der Waals surface area (Å²) in [7, 11) is 3.20. The van der Waals surface area contributed by atoms with Gasteiger partial charge in [-0.05, 0) is 24.6 Å². The van der Waals surface area contributed by atoms with Crippen molar-refractivity contribution in [2.75, 3.05) is 32.2 Å². The molecule has 1 atom stereocenters. The second kappa shape index (κ2) is 7.79. The van der Waals surface area contributed by atoms with Gasteiger partial charge in [-0.15, -0.1) is 0 Å². The van der Waals surface area contributed by atoms with Crippen LogP contribution in [0.25, 0.3) is 16.9 Å². The number of carbonyl (C=O) groups is 1. The molecule has 0 saturated carbocycles. The van der Waals surface area contributed by atoms with E-state index in [1.807, 2.05) is 24.3 Å². The third kappa shape index (κ3) is 3.67. The molecule has 152 valence electrons. The maximum Gasteiger partial charge on any atom is 0.217 e.